The summed E-state index contributed by atoms with van der Waals surface area (Å²) in [7, 11) is -2.55. The minimum Gasteiger partial charge on any atom is -0.481 e. The van der Waals surface area contributed by atoms with Crippen molar-refractivity contribution >= 4 is 27.3 Å². The van der Waals surface area contributed by atoms with Crippen LogP contribution < -0.4 is 0 Å². The quantitative estimate of drug-likeness (QED) is 0.842. The number of hydrogen-bond donors (Lipinski definition) is 1. The average molecular weight is 375 g/mol. The van der Waals surface area contributed by atoms with Crippen molar-refractivity contribution in [2.45, 2.75) is 23.6 Å². The lowest BCUT2D eigenvalue weighted by molar-refractivity contribution is -0.136. The molecule has 24 heavy (non-hydrogen) atoms. The third-order valence-corrected chi connectivity index (χ3v) is 7.05. The Kier molecular flexibility index (Phi) is 5.36. The van der Waals surface area contributed by atoms with Crippen LogP contribution >= 0.6 is 11.3 Å². The molecule has 0 aliphatic heterocycles. The van der Waals surface area contributed by atoms with Gasteiger partial charge in [-0.3, -0.25) is 4.79 Å². The lowest BCUT2D eigenvalue weighted by atomic mass is 10.1. The number of benzene rings is 1. The predicted octanol–water partition coefficient (Wildman–Crippen LogP) is 3.04. The van der Waals surface area contributed by atoms with Crippen molar-refractivity contribution in [1.82, 2.24) is 4.31 Å². The molecule has 0 radical (unpaired) electrons. The molecule has 2 aromatic rings. The molecule has 1 N–H and O–H groups in total. The molecular formula is C15H15F2NO4S2. The Morgan fingerprint density at radius 3 is 2.50 bits per heavy atom. The van der Waals surface area contributed by atoms with Crippen molar-refractivity contribution in [1.29, 1.82) is 0 Å². The van der Waals surface area contributed by atoms with Crippen LogP contribution in [0, 0.1) is 11.6 Å². The number of aliphatic carboxylic acids is 1. The van der Waals surface area contributed by atoms with E-state index >= 15 is 0 Å². The molecule has 130 valence electrons. The van der Waals surface area contributed by atoms with E-state index in [2.05, 4.69) is 0 Å². The van der Waals surface area contributed by atoms with E-state index in [0.717, 1.165) is 27.8 Å². The van der Waals surface area contributed by atoms with E-state index in [-0.39, 0.29) is 10.6 Å². The SMILES string of the molecule is CC(c1ccc(F)c(F)c1)N(C)S(=O)(=O)c1ccc(CC(=O)O)s1. The first kappa shape index (κ1) is 18.5. The second kappa shape index (κ2) is 6.96. The predicted molar refractivity (Wildman–Crippen MR) is 85.4 cm³/mol. The molecule has 1 heterocycles. The summed E-state index contributed by atoms with van der Waals surface area (Å²) in [6.45, 7) is 1.55. The Morgan fingerprint density at radius 1 is 1.25 bits per heavy atom. The van der Waals surface area contributed by atoms with E-state index < -0.39 is 33.7 Å². The van der Waals surface area contributed by atoms with Gasteiger partial charge in [-0.1, -0.05) is 6.07 Å². The zero-order chi connectivity index (χ0) is 18.1. The number of carboxylic acids is 1. The molecule has 0 saturated carbocycles. The fourth-order valence-electron chi connectivity index (χ4n) is 2.07. The van der Waals surface area contributed by atoms with Gasteiger partial charge in [-0.25, -0.2) is 17.2 Å². The smallest absolute Gasteiger partial charge is 0.308 e. The molecule has 2 rings (SSSR count). The third kappa shape index (κ3) is 3.80. The number of rotatable bonds is 6. The van der Waals surface area contributed by atoms with Gasteiger partial charge in [-0.15, -0.1) is 11.3 Å². The molecular weight excluding hydrogens is 360 g/mol. The first-order valence-corrected chi connectivity index (χ1v) is 9.12. The summed E-state index contributed by atoms with van der Waals surface area (Å²) in [4.78, 5) is 11.1. The lowest BCUT2D eigenvalue weighted by Gasteiger charge is -2.24. The molecule has 0 spiro atoms. The van der Waals surface area contributed by atoms with Crippen LogP contribution in [0.3, 0.4) is 0 Å². The molecule has 0 saturated heterocycles. The monoisotopic (exact) mass is 375 g/mol. The highest BCUT2D eigenvalue weighted by Crippen LogP contribution is 2.30. The maximum absolute atomic E-state index is 13.4. The van der Waals surface area contributed by atoms with E-state index in [0.29, 0.717) is 10.4 Å². The van der Waals surface area contributed by atoms with E-state index in [4.69, 9.17) is 5.11 Å². The first-order valence-electron chi connectivity index (χ1n) is 6.86. The topological polar surface area (TPSA) is 74.7 Å². The first-order chi connectivity index (χ1) is 11.1. The summed E-state index contributed by atoms with van der Waals surface area (Å²) >= 11 is 0.870. The highest BCUT2D eigenvalue weighted by atomic mass is 32.2. The van der Waals surface area contributed by atoms with Gasteiger partial charge in [0.1, 0.15) is 4.21 Å². The Balaban J connectivity index is 2.28. The van der Waals surface area contributed by atoms with Gasteiger partial charge in [0.25, 0.3) is 10.0 Å². The van der Waals surface area contributed by atoms with Crippen molar-refractivity contribution in [3.63, 3.8) is 0 Å². The number of nitrogens with zero attached hydrogens (tertiary/aromatic N) is 1. The largest absolute Gasteiger partial charge is 0.481 e. The molecule has 1 unspecified atom stereocenters. The van der Waals surface area contributed by atoms with Gasteiger partial charge < -0.3 is 5.11 Å². The number of carboxylic acid groups (broad SMARTS) is 1. The summed E-state index contributed by atoms with van der Waals surface area (Å²) in [5, 5.41) is 8.75. The Hall–Kier alpha value is -1.84. The van der Waals surface area contributed by atoms with Crippen LogP contribution in [0.2, 0.25) is 0 Å². The number of halogens is 2. The second-order valence-corrected chi connectivity index (χ2v) is 8.55. The summed E-state index contributed by atoms with van der Waals surface area (Å²) in [5.74, 6) is -3.11. The molecule has 0 fully saturated rings. The van der Waals surface area contributed by atoms with Crippen LogP contribution in [-0.2, 0) is 21.2 Å². The van der Waals surface area contributed by atoms with Crippen molar-refractivity contribution in [2.75, 3.05) is 7.05 Å². The third-order valence-electron chi connectivity index (χ3n) is 3.57. The maximum atomic E-state index is 13.4. The molecule has 5 nitrogen and oxygen atoms in total. The summed E-state index contributed by atoms with van der Waals surface area (Å²) in [5.41, 5.74) is 0.308. The summed E-state index contributed by atoms with van der Waals surface area (Å²) in [6, 6.07) is 5.28. The fourth-order valence-corrected chi connectivity index (χ4v) is 4.96. The normalized spacial score (nSPS) is 13.2. The summed E-state index contributed by atoms with van der Waals surface area (Å²) in [6.07, 6.45) is -0.261. The van der Waals surface area contributed by atoms with Gasteiger partial charge in [0.2, 0.25) is 0 Å². The standard InChI is InChI=1S/C15H15F2NO4S2/c1-9(10-3-5-12(16)13(17)7-10)18(2)24(21,22)15-6-4-11(23-15)8-14(19)20/h3-7,9H,8H2,1-2H3,(H,19,20). The fraction of sp³-hybridized carbons (Fsp3) is 0.267. The van der Waals surface area contributed by atoms with Gasteiger partial charge >= 0.3 is 5.97 Å². The van der Waals surface area contributed by atoms with Crippen molar-refractivity contribution < 1.29 is 27.1 Å². The highest BCUT2D eigenvalue weighted by molar-refractivity contribution is 7.91. The van der Waals surface area contributed by atoms with Gasteiger partial charge in [0.15, 0.2) is 11.6 Å². The van der Waals surface area contributed by atoms with Gasteiger partial charge in [-0.05, 0) is 36.8 Å². The lowest BCUT2D eigenvalue weighted by Crippen LogP contribution is -2.29. The Morgan fingerprint density at radius 2 is 1.92 bits per heavy atom. The second-order valence-electron chi connectivity index (χ2n) is 5.16. The van der Waals surface area contributed by atoms with Gasteiger partial charge in [0, 0.05) is 18.0 Å². The van der Waals surface area contributed by atoms with Gasteiger partial charge in [0.05, 0.1) is 6.42 Å². The zero-order valence-electron chi connectivity index (χ0n) is 12.9. The van der Waals surface area contributed by atoms with Crippen LogP contribution in [0.4, 0.5) is 8.78 Å². The van der Waals surface area contributed by atoms with Crippen molar-refractivity contribution in [2.24, 2.45) is 0 Å². The summed E-state index contributed by atoms with van der Waals surface area (Å²) < 4.78 is 52.6. The van der Waals surface area contributed by atoms with Crippen molar-refractivity contribution in [3.8, 4) is 0 Å². The molecule has 1 aromatic heterocycles. The zero-order valence-corrected chi connectivity index (χ0v) is 14.5. The Labute approximate surface area is 142 Å². The molecule has 0 aliphatic rings. The number of thiophene rings is 1. The van der Waals surface area contributed by atoms with E-state index in [9.17, 15) is 22.0 Å². The van der Waals surface area contributed by atoms with Crippen LogP contribution in [0.1, 0.15) is 23.4 Å². The number of sulfonamides is 1. The molecule has 1 atom stereocenters. The van der Waals surface area contributed by atoms with Gasteiger partial charge in [-0.2, -0.15) is 4.31 Å². The molecule has 0 bridgehead atoms. The van der Waals surface area contributed by atoms with Crippen LogP contribution in [0.25, 0.3) is 0 Å². The average Bonchev–Trinajstić information content (AvgIpc) is 2.97. The minimum absolute atomic E-state index is 0.00400. The van der Waals surface area contributed by atoms with E-state index in [1.807, 2.05) is 0 Å². The molecule has 9 heteroatoms. The van der Waals surface area contributed by atoms with Crippen LogP contribution in [-0.4, -0.2) is 30.8 Å². The maximum Gasteiger partial charge on any atom is 0.308 e. The number of hydrogen-bond acceptors (Lipinski definition) is 4. The van der Waals surface area contributed by atoms with E-state index in [1.165, 1.54) is 25.2 Å². The highest BCUT2D eigenvalue weighted by Gasteiger charge is 2.28. The molecule has 0 aliphatic carbocycles. The van der Waals surface area contributed by atoms with Crippen molar-refractivity contribution in [3.05, 3.63) is 52.4 Å². The van der Waals surface area contributed by atoms with Crippen LogP contribution in [0.15, 0.2) is 34.5 Å². The minimum atomic E-state index is -3.88. The van der Waals surface area contributed by atoms with E-state index in [1.54, 1.807) is 6.92 Å². The Bertz CT molecular complexity index is 864. The molecule has 0 amide bonds. The van der Waals surface area contributed by atoms with Crippen LogP contribution in [0.5, 0.6) is 0 Å². The molecule has 1 aromatic carbocycles. The number of carbonyl (C=O) groups is 1.